The Morgan fingerprint density at radius 3 is 3.10 bits per heavy atom. The van der Waals surface area contributed by atoms with E-state index in [1.165, 1.54) is 11.1 Å². The Morgan fingerprint density at radius 2 is 2.38 bits per heavy atom. The molecular formula is C15H24ClN3O2. The number of ether oxygens (including phenoxy) is 1. The highest BCUT2D eigenvalue weighted by Gasteiger charge is 2.14. The van der Waals surface area contributed by atoms with Crippen molar-refractivity contribution in [2.75, 3.05) is 18.5 Å². The van der Waals surface area contributed by atoms with Crippen LogP contribution in [0.1, 0.15) is 45.4 Å². The van der Waals surface area contributed by atoms with Gasteiger partial charge in [-0.25, -0.2) is 4.68 Å². The van der Waals surface area contributed by atoms with E-state index in [-0.39, 0.29) is 10.6 Å². The average molecular weight is 314 g/mol. The fourth-order valence-electron chi connectivity index (χ4n) is 2.46. The highest BCUT2D eigenvalue weighted by atomic mass is 35.5. The van der Waals surface area contributed by atoms with E-state index < -0.39 is 0 Å². The minimum absolute atomic E-state index is 0.218. The molecule has 0 amide bonds. The fourth-order valence-corrected chi connectivity index (χ4v) is 2.67. The molecule has 1 saturated heterocycles. The monoisotopic (exact) mass is 313 g/mol. The van der Waals surface area contributed by atoms with Gasteiger partial charge in [-0.2, -0.15) is 5.10 Å². The van der Waals surface area contributed by atoms with Gasteiger partial charge in [0.05, 0.1) is 18.0 Å². The maximum absolute atomic E-state index is 12.1. The standard InChI is InChI=1S/C15H24ClN3O2/c1-2-3-9-19-15(20)14(16)13(11-18-19)17-8-7-12-6-4-5-10-21-12/h11-12,17H,2-10H2,1H3. The molecule has 0 bridgehead atoms. The van der Waals surface area contributed by atoms with Gasteiger partial charge >= 0.3 is 0 Å². The molecule has 0 spiro atoms. The van der Waals surface area contributed by atoms with Gasteiger partial charge in [0, 0.05) is 19.7 Å². The number of hydrogen-bond donors (Lipinski definition) is 1. The summed E-state index contributed by atoms with van der Waals surface area (Å²) in [7, 11) is 0. The van der Waals surface area contributed by atoms with Crippen LogP contribution in [0.2, 0.25) is 5.02 Å². The van der Waals surface area contributed by atoms with Gasteiger partial charge in [-0.15, -0.1) is 0 Å². The second kappa shape index (κ2) is 8.39. The van der Waals surface area contributed by atoms with E-state index in [4.69, 9.17) is 16.3 Å². The van der Waals surface area contributed by atoms with Crippen LogP contribution >= 0.6 is 11.6 Å². The van der Waals surface area contributed by atoms with Gasteiger partial charge < -0.3 is 10.1 Å². The second-order valence-corrected chi connectivity index (χ2v) is 5.84. The quantitative estimate of drug-likeness (QED) is 0.840. The van der Waals surface area contributed by atoms with Crippen LogP contribution in [-0.4, -0.2) is 29.0 Å². The Morgan fingerprint density at radius 1 is 1.52 bits per heavy atom. The maximum Gasteiger partial charge on any atom is 0.287 e. The largest absolute Gasteiger partial charge is 0.382 e. The van der Waals surface area contributed by atoms with Crippen LogP contribution in [0.3, 0.4) is 0 Å². The van der Waals surface area contributed by atoms with Gasteiger partial charge in [0.25, 0.3) is 5.56 Å². The first kappa shape index (κ1) is 16.3. The third kappa shape index (κ3) is 4.71. The Balaban J connectivity index is 1.88. The molecule has 1 fully saturated rings. The first-order chi connectivity index (χ1) is 10.2. The fraction of sp³-hybridized carbons (Fsp3) is 0.733. The first-order valence-electron chi connectivity index (χ1n) is 7.83. The Hall–Kier alpha value is -1.07. The van der Waals surface area contributed by atoms with Crippen LogP contribution < -0.4 is 10.9 Å². The van der Waals surface area contributed by atoms with Crippen molar-refractivity contribution in [1.29, 1.82) is 0 Å². The normalized spacial score (nSPS) is 18.7. The lowest BCUT2D eigenvalue weighted by molar-refractivity contribution is 0.0134. The van der Waals surface area contributed by atoms with E-state index in [0.29, 0.717) is 18.3 Å². The van der Waals surface area contributed by atoms with E-state index >= 15 is 0 Å². The zero-order valence-corrected chi connectivity index (χ0v) is 13.4. The molecule has 2 rings (SSSR count). The summed E-state index contributed by atoms with van der Waals surface area (Å²) in [6, 6.07) is 0. The van der Waals surface area contributed by atoms with Crippen molar-refractivity contribution in [2.45, 2.75) is 58.1 Å². The minimum Gasteiger partial charge on any atom is -0.382 e. The van der Waals surface area contributed by atoms with Gasteiger partial charge in [-0.05, 0) is 32.1 Å². The molecule has 5 nitrogen and oxygen atoms in total. The molecule has 0 saturated carbocycles. The number of nitrogens with zero attached hydrogens (tertiary/aromatic N) is 2. The number of hydrogen-bond acceptors (Lipinski definition) is 4. The highest BCUT2D eigenvalue weighted by molar-refractivity contribution is 6.32. The summed E-state index contributed by atoms with van der Waals surface area (Å²) in [5.41, 5.74) is 0.397. The third-order valence-electron chi connectivity index (χ3n) is 3.76. The lowest BCUT2D eigenvalue weighted by Gasteiger charge is -2.22. The molecular weight excluding hydrogens is 290 g/mol. The number of anilines is 1. The summed E-state index contributed by atoms with van der Waals surface area (Å²) < 4.78 is 7.11. The molecule has 0 radical (unpaired) electrons. The van der Waals surface area contributed by atoms with E-state index in [1.54, 1.807) is 6.20 Å². The van der Waals surface area contributed by atoms with Crippen molar-refractivity contribution < 1.29 is 4.74 Å². The summed E-state index contributed by atoms with van der Waals surface area (Å²) in [4.78, 5) is 12.1. The molecule has 2 heterocycles. The van der Waals surface area contributed by atoms with Gasteiger partial charge in [-0.3, -0.25) is 4.79 Å². The van der Waals surface area contributed by atoms with Gasteiger partial charge in [0.1, 0.15) is 5.02 Å². The van der Waals surface area contributed by atoms with Crippen molar-refractivity contribution in [3.05, 3.63) is 21.6 Å². The summed E-state index contributed by atoms with van der Waals surface area (Å²) in [5, 5.41) is 7.59. The van der Waals surface area contributed by atoms with E-state index in [2.05, 4.69) is 17.3 Å². The Bertz CT molecular complexity index is 498. The van der Waals surface area contributed by atoms with Crippen molar-refractivity contribution in [3.63, 3.8) is 0 Å². The van der Waals surface area contributed by atoms with Crippen LogP contribution in [0, 0.1) is 0 Å². The molecule has 1 aromatic rings. The predicted octanol–water partition coefficient (Wildman–Crippen LogP) is 3.07. The highest BCUT2D eigenvalue weighted by Crippen LogP contribution is 2.18. The summed E-state index contributed by atoms with van der Waals surface area (Å²) >= 11 is 6.13. The molecule has 21 heavy (non-hydrogen) atoms. The predicted molar refractivity (Wildman–Crippen MR) is 85.1 cm³/mol. The molecule has 118 valence electrons. The maximum atomic E-state index is 12.1. The van der Waals surface area contributed by atoms with Crippen molar-refractivity contribution >= 4 is 17.3 Å². The zero-order chi connectivity index (χ0) is 15.1. The van der Waals surface area contributed by atoms with Crippen LogP contribution in [0.4, 0.5) is 5.69 Å². The average Bonchev–Trinajstić information content (AvgIpc) is 2.52. The van der Waals surface area contributed by atoms with Crippen molar-refractivity contribution in [2.24, 2.45) is 0 Å². The van der Waals surface area contributed by atoms with Crippen LogP contribution in [-0.2, 0) is 11.3 Å². The third-order valence-corrected chi connectivity index (χ3v) is 4.13. The van der Waals surface area contributed by atoms with Gasteiger partial charge in [0.15, 0.2) is 0 Å². The van der Waals surface area contributed by atoms with E-state index in [1.807, 2.05) is 0 Å². The molecule has 1 aliphatic heterocycles. The van der Waals surface area contributed by atoms with Crippen LogP contribution in [0.25, 0.3) is 0 Å². The molecule has 1 unspecified atom stereocenters. The molecule has 1 N–H and O–H groups in total. The van der Waals surface area contributed by atoms with Crippen molar-refractivity contribution in [1.82, 2.24) is 9.78 Å². The number of aryl methyl sites for hydroxylation is 1. The number of rotatable bonds is 7. The number of halogens is 1. The molecule has 0 aliphatic carbocycles. The number of unbranched alkanes of at least 4 members (excludes halogenated alkanes) is 1. The van der Waals surface area contributed by atoms with Gasteiger partial charge in [0.2, 0.25) is 0 Å². The second-order valence-electron chi connectivity index (χ2n) is 5.46. The van der Waals surface area contributed by atoms with Crippen LogP contribution in [0.5, 0.6) is 0 Å². The Kier molecular flexibility index (Phi) is 6.51. The molecule has 0 aromatic carbocycles. The minimum atomic E-state index is -0.218. The first-order valence-corrected chi connectivity index (χ1v) is 8.21. The van der Waals surface area contributed by atoms with Crippen molar-refractivity contribution in [3.8, 4) is 0 Å². The molecule has 1 aromatic heterocycles. The summed E-state index contributed by atoms with van der Waals surface area (Å²) in [6.45, 7) is 4.30. The smallest absolute Gasteiger partial charge is 0.287 e. The molecule has 1 atom stereocenters. The van der Waals surface area contributed by atoms with Gasteiger partial charge in [-0.1, -0.05) is 24.9 Å². The number of nitrogens with one attached hydrogen (secondary N) is 1. The van der Waals surface area contributed by atoms with E-state index in [0.717, 1.165) is 45.3 Å². The molecule has 6 heteroatoms. The SMILES string of the molecule is CCCCn1ncc(NCCC2CCCCO2)c(Cl)c1=O. The van der Waals surface area contributed by atoms with Crippen LogP contribution in [0.15, 0.2) is 11.0 Å². The van der Waals surface area contributed by atoms with E-state index in [9.17, 15) is 4.79 Å². The lowest BCUT2D eigenvalue weighted by atomic mass is 10.1. The molecule has 1 aliphatic rings. The topological polar surface area (TPSA) is 56.1 Å². The zero-order valence-electron chi connectivity index (χ0n) is 12.6. The summed E-state index contributed by atoms with van der Waals surface area (Å²) in [6.07, 6.45) is 8.35. The Labute approximate surface area is 130 Å². The number of aromatic nitrogens is 2. The lowest BCUT2D eigenvalue weighted by Crippen LogP contribution is -2.25. The summed E-state index contributed by atoms with van der Waals surface area (Å²) in [5.74, 6) is 0.